The van der Waals surface area contributed by atoms with E-state index in [-0.39, 0.29) is 18.4 Å². The van der Waals surface area contributed by atoms with Crippen LogP contribution in [0.2, 0.25) is 0 Å². The van der Waals surface area contributed by atoms with E-state index in [0.717, 1.165) is 13.0 Å². The van der Waals surface area contributed by atoms with Gasteiger partial charge < -0.3 is 5.11 Å². The van der Waals surface area contributed by atoms with Gasteiger partial charge in [-0.3, -0.25) is 9.69 Å². The molecule has 0 bridgehead atoms. The normalized spacial score (nSPS) is 25.1. The molecule has 0 aromatic heterocycles. The zero-order chi connectivity index (χ0) is 12.4. The van der Waals surface area contributed by atoms with E-state index in [2.05, 4.69) is 43.1 Å². The SMILES string of the molecule is Cc1cccc(C2C(CC(=O)O)CCN2C)c1. The first-order chi connectivity index (χ1) is 8.08. The van der Waals surface area contributed by atoms with Crippen LogP contribution in [0.4, 0.5) is 0 Å². The van der Waals surface area contributed by atoms with Gasteiger partial charge in [0.05, 0.1) is 6.42 Å². The van der Waals surface area contributed by atoms with Crippen molar-refractivity contribution >= 4 is 5.97 Å². The van der Waals surface area contributed by atoms with Crippen LogP contribution in [0.5, 0.6) is 0 Å². The Morgan fingerprint density at radius 2 is 2.29 bits per heavy atom. The van der Waals surface area contributed by atoms with E-state index in [0.29, 0.717) is 0 Å². The lowest BCUT2D eigenvalue weighted by molar-refractivity contribution is -0.138. The minimum Gasteiger partial charge on any atom is -0.481 e. The van der Waals surface area contributed by atoms with Crippen LogP contribution in [0.15, 0.2) is 24.3 Å². The molecule has 2 rings (SSSR count). The highest BCUT2D eigenvalue weighted by Gasteiger charge is 2.34. The summed E-state index contributed by atoms with van der Waals surface area (Å²) in [4.78, 5) is 13.2. The number of carboxylic acid groups (broad SMARTS) is 1. The van der Waals surface area contributed by atoms with Crippen LogP contribution in [0.25, 0.3) is 0 Å². The van der Waals surface area contributed by atoms with Gasteiger partial charge in [0.25, 0.3) is 0 Å². The molecule has 1 heterocycles. The molecule has 1 aromatic carbocycles. The molecule has 2 unspecified atom stereocenters. The molecule has 3 nitrogen and oxygen atoms in total. The molecule has 1 N–H and O–H groups in total. The van der Waals surface area contributed by atoms with Gasteiger partial charge in [0.2, 0.25) is 0 Å². The van der Waals surface area contributed by atoms with Gasteiger partial charge in [0, 0.05) is 6.04 Å². The van der Waals surface area contributed by atoms with Gasteiger partial charge >= 0.3 is 5.97 Å². The second-order valence-corrected chi connectivity index (χ2v) is 4.99. The first kappa shape index (κ1) is 12.1. The molecule has 0 amide bonds. The number of aryl methyl sites for hydroxylation is 1. The van der Waals surface area contributed by atoms with Crippen molar-refractivity contribution in [2.45, 2.75) is 25.8 Å². The lowest BCUT2D eigenvalue weighted by atomic mass is 9.90. The average Bonchev–Trinajstić information content (AvgIpc) is 2.59. The van der Waals surface area contributed by atoms with E-state index in [9.17, 15) is 4.79 Å². The van der Waals surface area contributed by atoms with Gasteiger partial charge in [-0.1, -0.05) is 29.8 Å². The maximum Gasteiger partial charge on any atom is 0.303 e. The quantitative estimate of drug-likeness (QED) is 0.871. The molecule has 1 fully saturated rings. The molecular formula is C14H19NO2. The van der Waals surface area contributed by atoms with Crippen LogP contribution in [0.3, 0.4) is 0 Å². The lowest BCUT2D eigenvalue weighted by Gasteiger charge is -2.25. The zero-order valence-corrected chi connectivity index (χ0v) is 10.4. The van der Waals surface area contributed by atoms with Gasteiger partial charge in [-0.2, -0.15) is 0 Å². The molecule has 92 valence electrons. The summed E-state index contributed by atoms with van der Waals surface area (Å²) in [5.41, 5.74) is 2.48. The van der Waals surface area contributed by atoms with Crippen molar-refractivity contribution < 1.29 is 9.90 Å². The van der Waals surface area contributed by atoms with E-state index >= 15 is 0 Å². The van der Waals surface area contributed by atoms with E-state index in [4.69, 9.17) is 5.11 Å². The van der Waals surface area contributed by atoms with Crippen molar-refractivity contribution in [1.29, 1.82) is 0 Å². The van der Waals surface area contributed by atoms with Crippen molar-refractivity contribution in [3.63, 3.8) is 0 Å². The van der Waals surface area contributed by atoms with Crippen LogP contribution in [-0.4, -0.2) is 29.6 Å². The van der Waals surface area contributed by atoms with Gasteiger partial charge in [-0.05, 0) is 38.4 Å². The number of benzene rings is 1. The van der Waals surface area contributed by atoms with Crippen molar-refractivity contribution in [3.8, 4) is 0 Å². The molecular weight excluding hydrogens is 214 g/mol. The molecule has 0 radical (unpaired) electrons. The summed E-state index contributed by atoms with van der Waals surface area (Å²) in [5, 5.41) is 8.96. The standard InChI is InChI=1S/C14H19NO2/c1-10-4-3-5-11(8-10)14-12(9-13(16)17)6-7-15(14)2/h3-5,8,12,14H,6-7,9H2,1-2H3,(H,16,17). The minimum atomic E-state index is -0.692. The fourth-order valence-corrected chi connectivity index (χ4v) is 2.85. The number of hydrogen-bond acceptors (Lipinski definition) is 2. The summed E-state index contributed by atoms with van der Waals surface area (Å²) in [6, 6.07) is 8.65. The molecule has 17 heavy (non-hydrogen) atoms. The van der Waals surface area contributed by atoms with E-state index in [1.165, 1.54) is 11.1 Å². The molecule has 0 saturated carbocycles. The van der Waals surface area contributed by atoms with Crippen molar-refractivity contribution in [2.24, 2.45) is 5.92 Å². The van der Waals surface area contributed by atoms with Crippen LogP contribution in [0.1, 0.15) is 30.0 Å². The fourth-order valence-electron chi connectivity index (χ4n) is 2.85. The number of carboxylic acids is 1. The Morgan fingerprint density at radius 3 is 2.94 bits per heavy atom. The predicted molar refractivity (Wildman–Crippen MR) is 66.9 cm³/mol. The monoisotopic (exact) mass is 233 g/mol. The summed E-state index contributed by atoms with van der Waals surface area (Å²) in [5.74, 6) is -0.456. The summed E-state index contributed by atoms with van der Waals surface area (Å²) < 4.78 is 0. The number of hydrogen-bond donors (Lipinski definition) is 1. The second kappa shape index (κ2) is 4.88. The first-order valence-electron chi connectivity index (χ1n) is 6.06. The van der Waals surface area contributed by atoms with Gasteiger partial charge in [-0.25, -0.2) is 0 Å². The number of carbonyl (C=O) groups is 1. The number of nitrogens with zero attached hydrogens (tertiary/aromatic N) is 1. The Bertz CT molecular complexity index is 416. The largest absolute Gasteiger partial charge is 0.481 e. The molecule has 1 aliphatic rings. The third kappa shape index (κ3) is 2.67. The highest BCUT2D eigenvalue weighted by molar-refractivity contribution is 5.67. The molecule has 0 spiro atoms. The van der Waals surface area contributed by atoms with Crippen LogP contribution in [0, 0.1) is 12.8 Å². The van der Waals surface area contributed by atoms with Crippen LogP contribution >= 0.6 is 0 Å². The molecule has 1 saturated heterocycles. The zero-order valence-electron chi connectivity index (χ0n) is 10.4. The van der Waals surface area contributed by atoms with E-state index in [1.807, 2.05) is 0 Å². The second-order valence-electron chi connectivity index (χ2n) is 4.99. The summed E-state index contributed by atoms with van der Waals surface area (Å²) in [6.45, 7) is 3.06. The third-order valence-corrected chi connectivity index (χ3v) is 3.59. The van der Waals surface area contributed by atoms with E-state index in [1.54, 1.807) is 0 Å². The van der Waals surface area contributed by atoms with Crippen molar-refractivity contribution in [2.75, 3.05) is 13.6 Å². The first-order valence-corrected chi connectivity index (χ1v) is 6.06. The average molecular weight is 233 g/mol. The van der Waals surface area contributed by atoms with Gasteiger partial charge in [-0.15, -0.1) is 0 Å². The maximum absolute atomic E-state index is 10.9. The van der Waals surface area contributed by atoms with Crippen LogP contribution < -0.4 is 0 Å². The smallest absolute Gasteiger partial charge is 0.303 e. The van der Waals surface area contributed by atoms with Crippen molar-refractivity contribution in [3.05, 3.63) is 35.4 Å². The Labute approximate surface area is 102 Å². The summed E-state index contributed by atoms with van der Waals surface area (Å²) >= 11 is 0. The molecule has 2 atom stereocenters. The topological polar surface area (TPSA) is 40.5 Å². The molecule has 1 aromatic rings. The highest BCUT2D eigenvalue weighted by Crippen LogP contribution is 2.38. The van der Waals surface area contributed by atoms with Gasteiger partial charge in [0.15, 0.2) is 0 Å². The lowest BCUT2D eigenvalue weighted by Crippen LogP contribution is -2.22. The Balaban J connectivity index is 2.24. The van der Waals surface area contributed by atoms with Gasteiger partial charge in [0.1, 0.15) is 0 Å². The summed E-state index contributed by atoms with van der Waals surface area (Å²) in [6.07, 6.45) is 1.24. The molecule has 3 heteroatoms. The Kier molecular flexibility index (Phi) is 3.48. The fraction of sp³-hybridized carbons (Fsp3) is 0.500. The maximum atomic E-state index is 10.9. The Hall–Kier alpha value is -1.35. The minimum absolute atomic E-state index is 0.235. The van der Waals surface area contributed by atoms with Crippen molar-refractivity contribution in [1.82, 2.24) is 4.90 Å². The molecule has 1 aliphatic heterocycles. The number of rotatable bonds is 3. The van der Waals surface area contributed by atoms with E-state index < -0.39 is 5.97 Å². The predicted octanol–water partition coefficient (Wildman–Crippen LogP) is 2.46. The highest BCUT2D eigenvalue weighted by atomic mass is 16.4. The summed E-state index contributed by atoms with van der Waals surface area (Å²) in [7, 11) is 2.08. The molecule has 0 aliphatic carbocycles. The van der Waals surface area contributed by atoms with Crippen LogP contribution in [-0.2, 0) is 4.79 Å². The Morgan fingerprint density at radius 1 is 1.53 bits per heavy atom. The number of likely N-dealkylation sites (tertiary alicyclic amines) is 1. The number of aliphatic carboxylic acids is 1. The third-order valence-electron chi connectivity index (χ3n) is 3.59.